The molecule has 0 aromatic carbocycles. The molecule has 0 aliphatic heterocycles. The number of hydrogen-bond acceptors (Lipinski definition) is 1. The molecule has 1 amide bonds. The summed E-state index contributed by atoms with van der Waals surface area (Å²) in [6.45, 7) is 11.3. The second-order valence-electron chi connectivity index (χ2n) is 4.87. The molecular formula is C12H23NOSi. The van der Waals surface area contributed by atoms with E-state index >= 15 is 0 Å². The number of nitrogens with one attached hydrogen (secondary N) is 1. The van der Waals surface area contributed by atoms with Gasteiger partial charge in [0.2, 0.25) is 5.91 Å². The van der Waals surface area contributed by atoms with E-state index in [0.29, 0.717) is 6.42 Å². The van der Waals surface area contributed by atoms with Crippen LogP contribution in [0.15, 0.2) is 24.8 Å². The maximum atomic E-state index is 11.0. The standard InChI is InChI=1S/C12H23NOSi/c1-5-9-12(14)13-10-7-6-8-11-15(2,3)4/h5-6,8H,1,7,9-11H2,2-4H3,(H,13,14). The van der Waals surface area contributed by atoms with Gasteiger partial charge in [-0.3, -0.25) is 4.79 Å². The number of hydrogen-bond donors (Lipinski definition) is 1. The van der Waals surface area contributed by atoms with Gasteiger partial charge >= 0.3 is 0 Å². The lowest BCUT2D eigenvalue weighted by atomic mass is 10.3. The minimum Gasteiger partial charge on any atom is -0.356 e. The average Bonchev–Trinajstić information content (AvgIpc) is 2.09. The average molecular weight is 225 g/mol. The predicted molar refractivity (Wildman–Crippen MR) is 69.7 cm³/mol. The second-order valence-corrected chi connectivity index (χ2v) is 10.4. The van der Waals surface area contributed by atoms with E-state index in [1.54, 1.807) is 6.08 Å². The van der Waals surface area contributed by atoms with E-state index in [0.717, 1.165) is 13.0 Å². The van der Waals surface area contributed by atoms with Crippen molar-refractivity contribution in [3.05, 3.63) is 24.8 Å². The van der Waals surface area contributed by atoms with Gasteiger partial charge in [-0.15, -0.1) is 6.58 Å². The first kappa shape index (κ1) is 14.2. The molecule has 0 aliphatic carbocycles. The lowest BCUT2D eigenvalue weighted by Crippen LogP contribution is -2.23. The van der Waals surface area contributed by atoms with Crippen LogP contribution in [0, 0.1) is 0 Å². The Balaban J connectivity index is 3.46. The van der Waals surface area contributed by atoms with E-state index in [1.165, 1.54) is 6.04 Å². The summed E-state index contributed by atoms with van der Waals surface area (Å²) >= 11 is 0. The monoisotopic (exact) mass is 225 g/mol. The van der Waals surface area contributed by atoms with E-state index < -0.39 is 8.07 Å². The predicted octanol–water partition coefficient (Wildman–Crippen LogP) is 2.96. The van der Waals surface area contributed by atoms with Crippen LogP contribution in [0.4, 0.5) is 0 Å². The van der Waals surface area contributed by atoms with E-state index in [9.17, 15) is 4.79 Å². The first-order valence-electron chi connectivity index (χ1n) is 5.48. The van der Waals surface area contributed by atoms with Gasteiger partial charge in [-0.25, -0.2) is 0 Å². The Bertz CT molecular complexity index is 228. The van der Waals surface area contributed by atoms with Crippen LogP contribution in [0.5, 0.6) is 0 Å². The summed E-state index contributed by atoms with van der Waals surface area (Å²) in [6.07, 6.45) is 7.36. The van der Waals surface area contributed by atoms with Gasteiger partial charge in [0.1, 0.15) is 0 Å². The van der Waals surface area contributed by atoms with Crippen molar-refractivity contribution in [3.63, 3.8) is 0 Å². The van der Waals surface area contributed by atoms with Crippen LogP contribution in [-0.2, 0) is 4.79 Å². The van der Waals surface area contributed by atoms with Crippen LogP contribution in [0.1, 0.15) is 12.8 Å². The maximum absolute atomic E-state index is 11.0. The van der Waals surface area contributed by atoms with Gasteiger partial charge in [-0.1, -0.05) is 37.9 Å². The number of carbonyl (C=O) groups is 1. The van der Waals surface area contributed by atoms with E-state index in [2.05, 4.69) is 43.7 Å². The maximum Gasteiger partial charge on any atom is 0.223 e. The first-order chi connectivity index (χ1) is 6.95. The van der Waals surface area contributed by atoms with Crippen LogP contribution < -0.4 is 5.32 Å². The smallest absolute Gasteiger partial charge is 0.223 e. The first-order valence-corrected chi connectivity index (χ1v) is 9.19. The van der Waals surface area contributed by atoms with Crippen LogP contribution >= 0.6 is 0 Å². The molecule has 0 saturated carbocycles. The molecule has 0 spiro atoms. The van der Waals surface area contributed by atoms with Crippen LogP contribution in [0.3, 0.4) is 0 Å². The molecule has 0 saturated heterocycles. The van der Waals surface area contributed by atoms with Crippen molar-refractivity contribution in [1.29, 1.82) is 0 Å². The highest BCUT2D eigenvalue weighted by Crippen LogP contribution is 2.08. The van der Waals surface area contributed by atoms with E-state index in [4.69, 9.17) is 0 Å². The molecule has 86 valence electrons. The SMILES string of the molecule is C=CCC(=O)NCCC=CC[Si](C)(C)C. The van der Waals surface area contributed by atoms with Gasteiger partial charge in [0, 0.05) is 21.0 Å². The number of carbonyl (C=O) groups excluding carboxylic acids is 1. The summed E-state index contributed by atoms with van der Waals surface area (Å²) in [4.78, 5) is 11.0. The molecule has 3 heteroatoms. The van der Waals surface area contributed by atoms with Crippen molar-refractivity contribution in [2.75, 3.05) is 6.54 Å². The lowest BCUT2D eigenvalue weighted by Gasteiger charge is -2.11. The Morgan fingerprint density at radius 2 is 2.00 bits per heavy atom. The molecule has 0 rings (SSSR count). The Hall–Kier alpha value is -0.833. The van der Waals surface area contributed by atoms with Crippen molar-refractivity contribution in [1.82, 2.24) is 5.32 Å². The summed E-state index contributed by atoms with van der Waals surface area (Å²) in [7, 11) is -0.939. The fraction of sp³-hybridized carbons (Fsp3) is 0.583. The second kappa shape index (κ2) is 7.46. The summed E-state index contributed by atoms with van der Waals surface area (Å²) in [5.74, 6) is 0.0589. The molecule has 2 nitrogen and oxygen atoms in total. The number of amides is 1. The molecule has 0 radical (unpaired) electrons. The Labute approximate surface area is 94.5 Å². The number of allylic oxidation sites excluding steroid dienone is 1. The summed E-state index contributed by atoms with van der Waals surface area (Å²) in [5.41, 5.74) is 0. The highest BCUT2D eigenvalue weighted by atomic mass is 28.3. The molecule has 0 heterocycles. The zero-order valence-electron chi connectivity index (χ0n) is 10.2. The van der Waals surface area contributed by atoms with Crippen molar-refractivity contribution in [2.24, 2.45) is 0 Å². The largest absolute Gasteiger partial charge is 0.356 e. The van der Waals surface area contributed by atoms with Crippen LogP contribution in [-0.4, -0.2) is 20.5 Å². The fourth-order valence-corrected chi connectivity index (χ4v) is 1.93. The molecule has 0 fully saturated rings. The molecule has 0 aliphatic rings. The Morgan fingerprint density at radius 3 is 2.53 bits per heavy atom. The van der Waals surface area contributed by atoms with E-state index in [-0.39, 0.29) is 5.91 Å². The summed E-state index contributed by atoms with van der Waals surface area (Å²) in [6, 6.07) is 1.22. The zero-order valence-corrected chi connectivity index (χ0v) is 11.2. The topological polar surface area (TPSA) is 29.1 Å². The van der Waals surface area contributed by atoms with Gasteiger partial charge < -0.3 is 5.32 Å². The molecule has 0 bridgehead atoms. The molecule has 0 atom stereocenters. The molecule has 1 N–H and O–H groups in total. The Morgan fingerprint density at radius 1 is 1.33 bits per heavy atom. The molecule has 15 heavy (non-hydrogen) atoms. The molecular weight excluding hydrogens is 202 g/mol. The lowest BCUT2D eigenvalue weighted by molar-refractivity contribution is -0.120. The van der Waals surface area contributed by atoms with Gasteiger partial charge in [-0.05, 0) is 12.5 Å². The minimum absolute atomic E-state index is 0.0589. The normalized spacial score (nSPS) is 11.7. The third-order valence-corrected chi connectivity index (χ3v) is 3.32. The Kier molecular flexibility index (Phi) is 7.04. The molecule has 0 aromatic rings. The fourth-order valence-electron chi connectivity index (χ4n) is 1.05. The summed E-state index contributed by atoms with van der Waals surface area (Å²) in [5, 5.41) is 2.83. The van der Waals surface area contributed by atoms with Gasteiger partial charge in [0.25, 0.3) is 0 Å². The quantitative estimate of drug-likeness (QED) is 0.403. The highest BCUT2D eigenvalue weighted by Gasteiger charge is 2.08. The minimum atomic E-state index is -0.939. The van der Waals surface area contributed by atoms with Gasteiger partial charge in [0.05, 0.1) is 0 Å². The molecule has 0 unspecified atom stereocenters. The van der Waals surface area contributed by atoms with Gasteiger partial charge in [0.15, 0.2) is 0 Å². The van der Waals surface area contributed by atoms with Gasteiger partial charge in [-0.2, -0.15) is 0 Å². The third kappa shape index (κ3) is 11.1. The van der Waals surface area contributed by atoms with E-state index in [1.807, 2.05) is 0 Å². The number of rotatable bonds is 7. The van der Waals surface area contributed by atoms with Crippen molar-refractivity contribution in [2.45, 2.75) is 38.5 Å². The highest BCUT2D eigenvalue weighted by molar-refractivity contribution is 6.76. The van der Waals surface area contributed by atoms with Crippen LogP contribution in [0.2, 0.25) is 25.7 Å². The summed E-state index contributed by atoms with van der Waals surface area (Å²) < 4.78 is 0. The third-order valence-electron chi connectivity index (χ3n) is 1.86. The van der Waals surface area contributed by atoms with Crippen molar-refractivity contribution in [3.8, 4) is 0 Å². The van der Waals surface area contributed by atoms with Crippen molar-refractivity contribution < 1.29 is 4.79 Å². The molecule has 0 aromatic heterocycles. The zero-order chi connectivity index (χ0) is 11.7. The van der Waals surface area contributed by atoms with Crippen molar-refractivity contribution >= 4 is 14.0 Å². The van der Waals surface area contributed by atoms with Crippen LogP contribution in [0.25, 0.3) is 0 Å².